The lowest BCUT2D eigenvalue weighted by Gasteiger charge is -2.31. The fraction of sp³-hybridized carbons (Fsp3) is 0.628. The van der Waals surface area contributed by atoms with Gasteiger partial charge in [-0.15, -0.1) is 0 Å². The minimum Gasteiger partial charge on any atom is -0.472 e. The predicted octanol–water partition coefficient (Wildman–Crippen LogP) is 5.27. The van der Waals surface area contributed by atoms with Gasteiger partial charge in [0.15, 0.2) is 5.60 Å². The van der Waals surface area contributed by atoms with Crippen molar-refractivity contribution in [3.8, 4) is 5.88 Å². The highest BCUT2D eigenvalue weighted by atomic mass is 32.2. The first-order valence-corrected chi connectivity index (χ1v) is 22.7. The molecule has 3 aliphatic heterocycles. The minimum absolute atomic E-state index is 0.0359. The van der Waals surface area contributed by atoms with E-state index in [1.807, 2.05) is 42.0 Å². The number of alkyl halides is 3. The van der Waals surface area contributed by atoms with Crippen molar-refractivity contribution in [1.29, 1.82) is 0 Å². The number of rotatable bonds is 9. The van der Waals surface area contributed by atoms with E-state index >= 15 is 0 Å². The van der Waals surface area contributed by atoms with Crippen molar-refractivity contribution in [1.82, 2.24) is 19.9 Å². The molecule has 2 N–H and O–H groups in total. The highest BCUT2D eigenvalue weighted by molar-refractivity contribution is 7.91. The summed E-state index contributed by atoms with van der Waals surface area (Å²) in [6.07, 6.45) is 4.45. The largest absolute Gasteiger partial charge is 0.472 e. The Kier molecular flexibility index (Phi) is 12.5. The van der Waals surface area contributed by atoms with Crippen molar-refractivity contribution in [2.45, 2.75) is 114 Å². The van der Waals surface area contributed by atoms with Gasteiger partial charge in [-0.1, -0.05) is 44.2 Å². The molecule has 4 heterocycles. The van der Waals surface area contributed by atoms with Crippen molar-refractivity contribution in [3.63, 3.8) is 0 Å². The fourth-order valence-electron chi connectivity index (χ4n) is 8.45. The molecule has 0 radical (unpaired) electrons. The maximum absolute atomic E-state index is 14.9. The van der Waals surface area contributed by atoms with Crippen LogP contribution in [-0.2, 0) is 33.9 Å². The third kappa shape index (κ3) is 9.01. The highest BCUT2D eigenvalue weighted by Crippen LogP contribution is 2.48. The molecule has 1 aromatic carbocycles. The van der Waals surface area contributed by atoms with Crippen LogP contribution in [0.25, 0.3) is 10.8 Å². The van der Waals surface area contributed by atoms with Crippen LogP contribution in [0.2, 0.25) is 0 Å². The topological polar surface area (TPSA) is 186 Å². The number of ether oxygens (including phenoxy) is 3. The first kappa shape index (κ1) is 45.3. The number of fused-ring (bicyclic) bond motifs is 3. The van der Waals surface area contributed by atoms with Gasteiger partial charge in [0.2, 0.25) is 21.8 Å². The Morgan fingerprint density at radius 1 is 1.08 bits per heavy atom. The molecule has 2 aliphatic carbocycles. The SMILES string of the molecule is C[C@H]1CC/C=C\[C@@H]2C[C@@]2(C(=O)NS(=O)(=O)C2(CF)CC2)NC(=O)[C@@H]2C[C@@H](Oc3ncc(N4CCOCC4)c4ccccc34)CN2C(=O)C(=NC(=O)OC(C)(C)C(C)(F)F)[C@H](C)C1. The molecule has 15 nitrogen and oxygen atoms in total. The van der Waals surface area contributed by atoms with E-state index in [-0.39, 0.29) is 49.7 Å². The number of pyridine rings is 1. The van der Waals surface area contributed by atoms with E-state index in [1.54, 1.807) is 19.2 Å². The molecule has 2 aromatic rings. The maximum Gasteiger partial charge on any atom is 0.434 e. The Labute approximate surface area is 359 Å². The average Bonchev–Trinajstić information content (AvgIpc) is 4.12. The normalized spacial score (nSPS) is 29.4. The molecule has 5 aliphatic rings. The predicted molar refractivity (Wildman–Crippen MR) is 223 cm³/mol. The number of carbonyl (C=O) groups excluding carboxylic acids is 4. The zero-order valence-corrected chi connectivity index (χ0v) is 36.4. The molecular formula is C43H55F3N6O9S. The molecule has 0 unspecified atom stereocenters. The van der Waals surface area contributed by atoms with Crippen LogP contribution in [0.15, 0.2) is 47.6 Å². The van der Waals surface area contributed by atoms with Crippen LogP contribution in [0.5, 0.6) is 5.88 Å². The quantitative estimate of drug-likeness (QED) is 0.313. The molecule has 338 valence electrons. The number of morpholine rings is 1. The van der Waals surface area contributed by atoms with Gasteiger partial charge >= 0.3 is 6.09 Å². The Hall–Kier alpha value is -4.78. The second-order valence-corrected chi connectivity index (χ2v) is 20.2. The fourth-order valence-corrected chi connectivity index (χ4v) is 9.88. The highest BCUT2D eigenvalue weighted by Gasteiger charge is 2.64. The monoisotopic (exact) mass is 888 g/mol. The Morgan fingerprint density at radius 2 is 1.77 bits per heavy atom. The smallest absolute Gasteiger partial charge is 0.434 e. The first-order chi connectivity index (χ1) is 29.2. The number of nitrogens with one attached hydrogen (secondary N) is 2. The lowest BCUT2D eigenvalue weighted by atomic mass is 9.89. The van der Waals surface area contributed by atoms with Crippen LogP contribution < -0.4 is 19.7 Å². The maximum atomic E-state index is 14.9. The minimum atomic E-state index is -4.45. The van der Waals surface area contributed by atoms with E-state index in [9.17, 15) is 40.8 Å². The zero-order valence-electron chi connectivity index (χ0n) is 35.6. The van der Waals surface area contributed by atoms with Crippen LogP contribution in [0.1, 0.15) is 79.6 Å². The van der Waals surface area contributed by atoms with Gasteiger partial charge in [0.05, 0.1) is 31.6 Å². The summed E-state index contributed by atoms with van der Waals surface area (Å²) in [5.74, 6) is -7.31. The Balaban J connectivity index is 1.25. The Bertz CT molecular complexity index is 2260. The molecule has 1 aromatic heterocycles. The van der Waals surface area contributed by atoms with E-state index in [2.05, 4.69) is 20.2 Å². The van der Waals surface area contributed by atoms with E-state index in [4.69, 9.17) is 14.2 Å². The van der Waals surface area contributed by atoms with Gasteiger partial charge in [-0.2, -0.15) is 4.99 Å². The lowest BCUT2D eigenvalue weighted by Crippen LogP contribution is -2.58. The van der Waals surface area contributed by atoms with Crippen LogP contribution >= 0.6 is 0 Å². The van der Waals surface area contributed by atoms with Crippen LogP contribution in [0.3, 0.4) is 0 Å². The van der Waals surface area contributed by atoms with Crippen molar-refractivity contribution < 1.29 is 55.0 Å². The summed E-state index contributed by atoms with van der Waals surface area (Å²) in [6.45, 7) is 7.31. The van der Waals surface area contributed by atoms with Crippen LogP contribution in [0, 0.1) is 17.8 Å². The van der Waals surface area contributed by atoms with Gasteiger partial charge in [0.1, 0.15) is 34.8 Å². The molecule has 4 amide bonds. The summed E-state index contributed by atoms with van der Waals surface area (Å²) in [7, 11) is -4.45. The zero-order chi connectivity index (χ0) is 44.8. The van der Waals surface area contributed by atoms with Gasteiger partial charge in [0.25, 0.3) is 17.7 Å². The van der Waals surface area contributed by atoms with Crippen molar-refractivity contribution in [2.24, 2.45) is 22.7 Å². The van der Waals surface area contributed by atoms with Crippen LogP contribution in [-0.4, -0.2) is 121 Å². The number of halogens is 3. The number of anilines is 1. The number of carbonyl (C=O) groups is 4. The average molecular weight is 889 g/mol. The Morgan fingerprint density at radius 3 is 2.44 bits per heavy atom. The number of amides is 4. The molecular weight excluding hydrogens is 834 g/mol. The summed E-state index contributed by atoms with van der Waals surface area (Å²) in [4.78, 5) is 68.8. The van der Waals surface area contributed by atoms with Crippen LogP contribution in [0.4, 0.5) is 23.7 Å². The van der Waals surface area contributed by atoms with E-state index < -0.39 is 86.3 Å². The van der Waals surface area contributed by atoms with E-state index in [1.165, 1.54) is 4.90 Å². The molecule has 2 saturated carbocycles. The van der Waals surface area contributed by atoms with Gasteiger partial charge < -0.3 is 29.3 Å². The van der Waals surface area contributed by atoms with Gasteiger partial charge in [-0.25, -0.2) is 31.4 Å². The van der Waals surface area contributed by atoms with Gasteiger partial charge in [0, 0.05) is 49.0 Å². The summed E-state index contributed by atoms with van der Waals surface area (Å²) >= 11 is 0. The third-order valence-electron chi connectivity index (χ3n) is 13.1. The number of allylic oxidation sites excluding steroid dienone is 1. The number of sulfonamides is 1. The molecule has 19 heteroatoms. The first-order valence-electron chi connectivity index (χ1n) is 21.2. The molecule has 7 rings (SSSR count). The molecule has 6 atom stereocenters. The molecule has 4 fully saturated rings. The summed E-state index contributed by atoms with van der Waals surface area (Å²) in [5, 5.41) is 4.29. The van der Waals surface area contributed by atoms with Crippen molar-refractivity contribution in [2.75, 3.05) is 44.4 Å². The number of aliphatic imine (C=N–C) groups is 1. The van der Waals surface area contributed by atoms with E-state index in [0.717, 1.165) is 24.9 Å². The second kappa shape index (κ2) is 17.1. The molecule has 0 bridgehead atoms. The summed E-state index contributed by atoms with van der Waals surface area (Å²) in [5.41, 5.74) is -3.47. The van der Waals surface area contributed by atoms with Crippen molar-refractivity contribution in [3.05, 3.63) is 42.6 Å². The summed E-state index contributed by atoms with van der Waals surface area (Å²) < 4.78 is 86.8. The number of hydrogen-bond donors (Lipinski definition) is 2. The molecule has 2 saturated heterocycles. The van der Waals surface area contributed by atoms with Gasteiger partial charge in [-0.3, -0.25) is 19.1 Å². The summed E-state index contributed by atoms with van der Waals surface area (Å²) in [6, 6.07) is 6.15. The number of nitrogens with zero attached hydrogens (tertiary/aromatic N) is 4. The molecule has 62 heavy (non-hydrogen) atoms. The lowest BCUT2D eigenvalue weighted by molar-refractivity contribution is -0.148. The molecule has 0 spiro atoms. The third-order valence-corrected chi connectivity index (χ3v) is 15.2. The number of hydrogen-bond acceptors (Lipinski definition) is 11. The number of aromatic nitrogens is 1. The standard InChI is InChI=1S/C43H55F3N6O9S/c1-26-10-6-7-11-28-22-43(28,38(55)50-62(57,58)42(25-44)14-15-42)49-35(53)32-21-29(60-36-31-13-9-8-12-30(31)33(23-47-36)51-16-18-59-19-17-51)24-52(32)37(54)34(27(2)20-26)48-39(56)61-40(3,4)41(5,45)46/h7-9,11-13,23,26-29,32H,6,10,14-22,24-25H2,1-5H3,(H,49,53)(H,50,55)/b11-7-,48-34?/t26-,27+,28+,29+,32-,43+/m0/s1. The van der Waals surface area contributed by atoms with Gasteiger partial charge in [-0.05, 0) is 64.4 Å². The number of benzene rings is 1. The second-order valence-electron chi connectivity index (χ2n) is 18.1. The van der Waals surface area contributed by atoms with E-state index in [0.29, 0.717) is 57.9 Å². The van der Waals surface area contributed by atoms with Crippen molar-refractivity contribution >= 4 is 56.0 Å².